The summed E-state index contributed by atoms with van der Waals surface area (Å²) in [7, 11) is 0. The van der Waals surface area contributed by atoms with Crippen LogP contribution in [0, 0.1) is 5.92 Å². The maximum Gasteiger partial charge on any atom is 0.471 e. The van der Waals surface area contributed by atoms with Crippen LogP contribution in [0.4, 0.5) is 52.7 Å². The predicted octanol–water partition coefficient (Wildman–Crippen LogP) is -3.79. The predicted molar refractivity (Wildman–Crippen MR) is 298 cm³/mol. The van der Waals surface area contributed by atoms with Crippen LogP contribution in [0.25, 0.3) is 0 Å². The Bertz CT molecular complexity index is 2890. The minimum atomic E-state index is -5.57. The molecule has 1 aliphatic rings. The van der Waals surface area contributed by atoms with Gasteiger partial charge in [-0.25, -0.2) is 0 Å². The number of carbonyl (C=O) groups excluding carboxylic acids is 14. The highest BCUT2D eigenvalue weighted by atomic mass is 19.4. The fourth-order valence-electron chi connectivity index (χ4n) is 8.46. The Hall–Kier alpha value is -9.12. The van der Waals surface area contributed by atoms with Crippen molar-refractivity contribution in [3.8, 4) is 0 Å². The van der Waals surface area contributed by atoms with E-state index in [0.717, 1.165) is 20.8 Å². The topological polar surface area (TPSA) is 448 Å². The number of hydrogen-bond donors (Lipinski definition) is 16. The summed E-state index contributed by atoms with van der Waals surface area (Å²) in [5.41, 5.74) is 0.232. The first kappa shape index (κ1) is 82.0. The molecular formula is C53H72F12N14O16. The van der Waals surface area contributed by atoms with Crippen molar-refractivity contribution >= 4 is 82.7 Å². The van der Waals surface area contributed by atoms with Crippen LogP contribution in [0.5, 0.6) is 0 Å². The molecule has 0 bridgehead atoms. The Morgan fingerprint density at radius 1 is 0.442 bits per heavy atom. The Morgan fingerprint density at radius 3 is 1.15 bits per heavy atom. The highest BCUT2D eigenvalue weighted by molar-refractivity contribution is 5.99. The van der Waals surface area contributed by atoms with E-state index < -0.39 is 258 Å². The molecule has 0 radical (unpaired) electrons. The second kappa shape index (κ2) is 37.1. The number of benzene rings is 1. The van der Waals surface area contributed by atoms with Gasteiger partial charge < -0.3 is 84.6 Å². The minimum absolute atomic E-state index is 0.232. The summed E-state index contributed by atoms with van der Waals surface area (Å²) in [6.45, 7) is 0.202. The summed E-state index contributed by atoms with van der Waals surface area (Å²) < 4.78 is 159. The zero-order valence-corrected chi connectivity index (χ0v) is 50.9. The van der Waals surface area contributed by atoms with Crippen LogP contribution < -0.4 is 74.4 Å². The molecule has 14 amide bonds. The Kier molecular flexibility index (Phi) is 32.0. The third kappa shape index (κ3) is 29.4. The smallest absolute Gasteiger partial charge is 0.391 e. The van der Waals surface area contributed by atoms with Gasteiger partial charge in [-0.15, -0.1) is 0 Å². The summed E-state index contributed by atoms with van der Waals surface area (Å²) in [5, 5.41) is 47.8. The fraction of sp³-hybridized carbons (Fsp3) is 0.623. The van der Waals surface area contributed by atoms with Crippen LogP contribution in [0.2, 0.25) is 0 Å². The normalized spacial score (nSPS) is 21.3. The number of aliphatic hydroxyl groups is 2. The molecule has 11 atom stereocenters. The van der Waals surface area contributed by atoms with Gasteiger partial charge in [-0.3, -0.25) is 67.1 Å². The number of carbonyl (C=O) groups is 14. The number of halogens is 12. The molecule has 0 spiro atoms. The molecule has 2 rings (SSSR count). The Labute approximate surface area is 531 Å². The van der Waals surface area contributed by atoms with Gasteiger partial charge in [0.05, 0.1) is 12.2 Å². The molecule has 1 fully saturated rings. The zero-order chi connectivity index (χ0) is 72.5. The van der Waals surface area contributed by atoms with Crippen molar-refractivity contribution in [1.82, 2.24) is 74.4 Å². The van der Waals surface area contributed by atoms with Gasteiger partial charge >= 0.3 is 48.3 Å². The lowest BCUT2D eigenvalue weighted by molar-refractivity contribution is -0.173. The van der Waals surface area contributed by atoms with Crippen LogP contribution in [-0.2, 0) is 73.5 Å². The Morgan fingerprint density at radius 2 is 0.779 bits per heavy atom. The standard InChI is InChI=1S/C53H72F12N14O16/c1-23(2)21-33-42(88)74-29(13-18-68-47(93)51(57,58)59)38(84)73-32(15-20-70-49(95)53(63,64)65)41(87)79-36(25(4)81)45(91)76-31(11-16-66-37(83)28(12-17-67-46(92)50(54,55)56)75-44(90)35(24(3)80)71-26(5)82)39(85)72-30(14-19-69-48(94)52(60,61)62)40(86)78-34(43(89)77-33)22-27-9-7-6-8-10-27/h6-10,23-25,28-36,80-81H,11-22H2,1-5H3,(H,66,83)(H,67,92)(H,68,93)(H,69,94)(H,70,95)(H,71,82)(H,72,85)(H,73,84)(H,74,88)(H,75,90)(H,76,91)(H,77,89)(H,78,86)(H,79,87)/t24-,25-,28+,29+,30+,31+,32+,33+,34-,35+,36+/m1/s1. The second-order valence-electron chi connectivity index (χ2n) is 21.6. The maximum atomic E-state index is 14.6. The molecule has 0 aliphatic carbocycles. The molecule has 0 aromatic heterocycles. The van der Waals surface area contributed by atoms with Gasteiger partial charge in [-0.1, -0.05) is 44.2 Å². The van der Waals surface area contributed by atoms with Crippen molar-refractivity contribution in [2.75, 3.05) is 32.7 Å². The van der Waals surface area contributed by atoms with E-state index in [1.807, 2.05) is 21.3 Å². The van der Waals surface area contributed by atoms with E-state index in [-0.39, 0.29) is 5.56 Å². The largest absolute Gasteiger partial charge is 0.471 e. The average molecular weight is 1390 g/mol. The summed E-state index contributed by atoms with van der Waals surface area (Å²) in [4.78, 5) is 187. The van der Waals surface area contributed by atoms with Crippen LogP contribution >= 0.6 is 0 Å². The van der Waals surface area contributed by atoms with Crippen molar-refractivity contribution in [3.05, 3.63) is 35.9 Å². The molecule has 0 saturated carbocycles. The summed E-state index contributed by atoms with van der Waals surface area (Å²) in [5.74, 6) is -25.3. The fourth-order valence-corrected chi connectivity index (χ4v) is 8.46. The number of aliphatic hydroxyl groups excluding tert-OH is 2. The summed E-state index contributed by atoms with van der Waals surface area (Å²) in [6, 6.07) is -11.9. The maximum absolute atomic E-state index is 14.6. The third-order valence-electron chi connectivity index (χ3n) is 13.2. The molecule has 1 saturated heterocycles. The van der Waals surface area contributed by atoms with Crippen molar-refractivity contribution < 1.29 is 130 Å². The van der Waals surface area contributed by atoms with Gasteiger partial charge in [0.1, 0.15) is 54.4 Å². The van der Waals surface area contributed by atoms with Crippen LogP contribution in [0.15, 0.2) is 30.3 Å². The molecule has 0 unspecified atom stereocenters. The average Bonchev–Trinajstić information content (AvgIpc) is 1.59. The first-order valence-electron chi connectivity index (χ1n) is 28.6. The number of rotatable bonds is 25. The van der Waals surface area contributed by atoms with Crippen molar-refractivity contribution in [2.45, 2.75) is 171 Å². The molecule has 16 N–H and O–H groups in total. The molecule has 1 aliphatic heterocycles. The van der Waals surface area contributed by atoms with Gasteiger partial charge in [0.25, 0.3) is 0 Å². The zero-order valence-electron chi connectivity index (χ0n) is 50.9. The van der Waals surface area contributed by atoms with Gasteiger partial charge in [0, 0.05) is 46.1 Å². The van der Waals surface area contributed by atoms with Crippen LogP contribution in [0.1, 0.15) is 78.7 Å². The molecule has 1 aromatic carbocycles. The third-order valence-corrected chi connectivity index (χ3v) is 13.2. The molecule has 95 heavy (non-hydrogen) atoms. The SMILES string of the molecule is CC(=O)N[C@H](C(=O)N[C@@H](CCNC(=O)C(F)(F)F)C(=O)NCC[C@@H]1NC(=O)[C@H]([C@@H](C)O)NC(=O)[C@H](CCNC(=O)C(F)(F)F)NC(=O)[C@H](CCNC(=O)C(F)(F)F)NC(=O)[C@H](CC(C)C)NC(=O)[C@@H](Cc2ccccc2)NC(=O)[C@H](CCNC(=O)C(F)(F)F)NC1=O)[C@@H](C)O. The van der Waals surface area contributed by atoms with E-state index in [4.69, 9.17) is 0 Å². The highest BCUT2D eigenvalue weighted by Gasteiger charge is 2.43. The second-order valence-corrected chi connectivity index (χ2v) is 21.6. The molecular weight excluding hydrogens is 1320 g/mol. The molecule has 42 heteroatoms. The van der Waals surface area contributed by atoms with Crippen molar-refractivity contribution in [2.24, 2.45) is 5.92 Å². The van der Waals surface area contributed by atoms with Crippen molar-refractivity contribution in [1.29, 1.82) is 0 Å². The van der Waals surface area contributed by atoms with E-state index in [2.05, 4.69) is 31.9 Å². The van der Waals surface area contributed by atoms with Gasteiger partial charge in [0.15, 0.2) is 0 Å². The molecule has 30 nitrogen and oxygen atoms in total. The van der Waals surface area contributed by atoms with E-state index in [1.165, 1.54) is 65.4 Å². The van der Waals surface area contributed by atoms with E-state index >= 15 is 0 Å². The lowest BCUT2D eigenvalue weighted by Crippen LogP contribution is -2.62. The number of alkyl halides is 12. The lowest BCUT2D eigenvalue weighted by Gasteiger charge is -2.29. The van der Waals surface area contributed by atoms with Gasteiger partial charge in [0.2, 0.25) is 59.1 Å². The van der Waals surface area contributed by atoms with Gasteiger partial charge in [-0.2, -0.15) is 52.7 Å². The summed E-state index contributed by atoms with van der Waals surface area (Å²) >= 11 is 0. The minimum Gasteiger partial charge on any atom is -0.391 e. The first-order chi connectivity index (χ1) is 43.8. The highest BCUT2D eigenvalue weighted by Crippen LogP contribution is 2.18. The van der Waals surface area contributed by atoms with E-state index in [9.17, 15) is 130 Å². The monoisotopic (exact) mass is 1390 g/mol. The molecule has 1 aromatic rings. The lowest BCUT2D eigenvalue weighted by atomic mass is 10.00. The number of nitrogens with one attached hydrogen (secondary N) is 14. The van der Waals surface area contributed by atoms with Crippen molar-refractivity contribution in [3.63, 3.8) is 0 Å². The number of amides is 14. The van der Waals surface area contributed by atoms with Gasteiger partial charge in [-0.05, 0) is 63.9 Å². The molecule has 534 valence electrons. The summed E-state index contributed by atoms with van der Waals surface area (Å²) in [6.07, 6.45) is -32.0. The van der Waals surface area contributed by atoms with E-state index in [0.29, 0.717) is 0 Å². The molecule has 1 heterocycles. The quantitative estimate of drug-likeness (QED) is 0.0418. The van der Waals surface area contributed by atoms with Crippen LogP contribution in [-0.4, -0.2) is 217 Å². The van der Waals surface area contributed by atoms with E-state index in [1.54, 1.807) is 0 Å². The number of hydrogen-bond acceptors (Lipinski definition) is 16. The first-order valence-corrected chi connectivity index (χ1v) is 28.6. The van der Waals surface area contributed by atoms with Crippen LogP contribution in [0.3, 0.4) is 0 Å². The Balaban J connectivity index is 3.02.